The van der Waals surface area contributed by atoms with Crippen LogP contribution in [-0.4, -0.2) is 41.8 Å². The first kappa shape index (κ1) is 24.6. The van der Waals surface area contributed by atoms with Crippen LogP contribution in [0.25, 0.3) is 0 Å². The molecule has 28 heavy (non-hydrogen) atoms. The van der Waals surface area contributed by atoms with Crippen molar-refractivity contribution >= 4 is 11.8 Å². The van der Waals surface area contributed by atoms with Crippen LogP contribution in [-0.2, 0) is 19.1 Å². The van der Waals surface area contributed by atoms with Gasteiger partial charge in [0.1, 0.15) is 18.0 Å². The maximum absolute atomic E-state index is 12.3. The summed E-state index contributed by atoms with van der Waals surface area (Å²) in [5, 5.41) is 9.77. The largest absolute Gasteiger partial charge is 0.462 e. The minimum Gasteiger partial charge on any atom is -0.462 e. The number of esters is 1. The van der Waals surface area contributed by atoms with E-state index in [1.807, 2.05) is 19.9 Å². The average Bonchev–Trinajstić information content (AvgIpc) is 3.32. The number of epoxide rings is 1. The summed E-state index contributed by atoms with van der Waals surface area (Å²) in [4.78, 5) is 23.1. The summed E-state index contributed by atoms with van der Waals surface area (Å²) < 4.78 is 10.7. The van der Waals surface area contributed by atoms with Gasteiger partial charge in [-0.25, -0.2) is 0 Å². The Morgan fingerprint density at radius 1 is 1.29 bits per heavy atom. The standard InChI is InChI=1S/C23H38O5/c1-16(2)19(5)14-21(26)18(4)8-7-12-23(15-24)22(28-23)10-9-17(3)11-13-27-20(6)25/h11,16,18,22,24H,5,7-10,12-15H2,1-4,6H3/b17-11+/t18-,22-,23+/m1/s1. The minimum atomic E-state index is -0.444. The summed E-state index contributed by atoms with van der Waals surface area (Å²) in [5.41, 5.74) is 1.69. The second-order valence-electron chi connectivity index (χ2n) is 8.47. The first-order valence-corrected chi connectivity index (χ1v) is 10.4. The molecule has 0 saturated carbocycles. The zero-order chi connectivity index (χ0) is 21.3. The Balaban J connectivity index is 2.32. The molecule has 1 N–H and O–H groups in total. The Labute approximate surface area is 170 Å². The second kappa shape index (κ2) is 11.5. The number of ether oxygens (including phenoxy) is 2. The molecular weight excluding hydrogens is 356 g/mol. The van der Waals surface area contributed by atoms with Crippen molar-refractivity contribution in [3.05, 3.63) is 23.8 Å². The van der Waals surface area contributed by atoms with Crippen molar-refractivity contribution in [1.82, 2.24) is 0 Å². The van der Waals surface area contributed by atoms with Crippen LogP contribution in [0.15, 0.2) is 23.8 Å². The van der Waals surface area contributed by atoms with Crippen LogP contribution in [0, 0.1) is 11.8 Å². The Morgan fingerprint density at radius 3 is 2.54 bits per heavy atom. The lowest BCUT2D eigenvalue weighted by atomic mass is 9.89. The van der Waals surface area contributed by atoms with Gasteiger partial charge in [-0.2, -0.15) is 0 Å². The highest BCUT2D eigenvalue weighted by Gasteiger charge is 2.54. The van der Waals surface area contributed by atoms with Crippen LogP contribution >= 0.6 is 0 Å². The molecule has 1 aliphatic heterocycles. The molecule has 1 heterocycles. The summed E-state index contributed by atoms with van der Waals surface area (Å²) >= 11 is 0. The van der Waals surface area contributed by atoms with E-state index < -0.39 is 5.60 Å². The van der Waals surface area contributed by atoms with Gasteiger partial charge in [-0.15, -0.1) is 0 Å². The molecule has 3 atom stereocenters. The van der Waals surface area contributed by atoms with Gasteiger partial charge >= 0.3 is 5.97 Å². The predicted octanol–water partition coefficient (Wildman–Crippen LogP) is 4.38. The van der Waals surface area contributed by atoms with Crippen molar-refractivity contribution in [2.75, 3.05) is 13.2 Å². The molecule has 0 spiro atoms. The maximum Gasteiger partial charge on any atom is 0.302 e. The van der Waals surface area contributed by atoms with Gasteiger partial charge in [-0.05, 0) is 51.0 Å². The normalized spacial score (nSPS) is 22.8. The van der Waals surface area contributed by atoms with E-state index in [1.165, 1.54) is 6.92 Å². The number of Topliss-reactive ketones (excluding diaryl/α,β-unsaturated/α-hetero) is 1. The summed E-state index contributed by atoms with van der Waals surface area (Å²) in [5.74, 6) is 0.310. The summed E-state index contributed by atoms with van der Waals surface area (Å²) in [7, 11) is 0. The molecule has 5 nitrogen and oxygen atoms in total. The first-order valence-electron chi connectivity index (χ1n) is 10.4. The lowest BCUT2D eigenvalue weighted by molar-refractivity contribution is -0.139. The molecule has 0 aromatic rings. The van der Waals surface area contributed by atoms with Crippen molar-refractivity contribution in [3.63, 3.8) is 0 Å². The van der Waals surface area contributed by atoms with Crippen molar-refractivity contribution in [2.24, 2.45) is 11.8 Å². The zero-order valence-electron chi connectivity index (χ0n) is 18.3. The highest BCUT2D eigenvalue weighted by Crippen LogP contribution is 2.44. The highest BCUT2D eigenvalue weighted by atomic mass is 16.6. The topological polar surface area (TPSA) is 76.1 Å². The third kappa shape index (κ3) is 8.27. The molecule has 5 heteroatoms. The summed E-state index contributed by atoms with van der Waals surface area (Å²) in [6, 6.07) is 0. The molecule has 1 aliphatic rings. The van der Waals surface area contributed by atoms with Crippen LogP contribution < -0.4 is 0 Å². The Kier molecular flexibility index (Phi) is 10.1. The number of carbonyl (C=O) groups excluding carboxylic acids is 2. The third-order valence-electron chi connectivity index (χ3n) is 5.70. The molecule has 160 valence electrons. The van der Waals surface area contributed by atoms with Crippen molar-refractivity contribution in [3.8, 4) is 0 Å². The summed E-state index contributed by atoms with van der Waals surface area (Å²) in [6.45, 7) is 13.8. The molecular formula is C23H38O5. The summed E-state index contributed by atoms with van der Waals surface area (Å²) in [6.07, 6.45) is 6.55. The van der Waals surface area contributed by atoms with Crippen LogP contribution in [0.5, 0.6) is 0 Å². The number of hydrogen-bond donors (Lipinski definition) is 1. The van der Waals surface area contributed by atoms with E-state index in [-0.39, 0.29) is 30.4 Å². The molecule has 0 radical (unpaired) electrons. The number of hydrogen-bond acceptors (Lipinski definition) is 5. The quantitative estimate of drug-likeness (QED) is 0.269. The number of ketones is 1. The molecule has 0 aromatic heterocycles. The number of allylic oxidation sites excluding steroid dienone is 2. The van der Waals surface area contributed by atoms with E-state index in [1.54, 1.807) is 0 Å². The number of aliphatic hydroxyl groups excluding tert-OH is 1. The van der Waals surface area contributed by atoms with Crippen LogP contribution in [0.4, 0.5) is 0 Å². The van der Waals surface area contributed by atoms with E-state index in [4.69, 9.17) is 9.47 Å². The lowest BCUT2D eigenvalue weighted by Crippen LogP contribution is -2.21. The van der Waals surface area contributed by atoms with Crippen LogP contribution in [0.1, 0.15) is 73.1 Å². The Hall–Kier alpha value is -1.46. The van der Waals surface area contributed by atoms with Gasteiger partial charge in [-0.1, -0.05) is 38.5 Å². The second-order valence-corrected chi connectivity index (χ2v) is 8.47. The Bertz CT molecular complexity index is 578. The molecule has 1 fully saturated rings. The smallest absolute Gasteiger partial charge is 0.302 e. The zero-order valence-corrected chi connectivity index (χ0v) is 18.3. The van der Waals surface area contributed by atoms with E-state index in [2.05, 4.69) is 20.4 Å². The molecule has 0 aliphatic carbocycles. The fourth-order valence-corrected chi connectivity index (χ4v) is 3.24. The van der Waals surface area contributed by atoms with Crippen LogP contribution in [0.3, 0.4) is 0 Å². The number of aliphatic hydroxyl groups is 1. The fourth-order valence-electron chi connectivity index (χ4n) is 3.24. The molecule has 0 unspecified atom stereocenters. The van der Waals surface area contributed by atoms with Crippen molar-refractivity contribution in [1.29, 1.82) is 0 Å². The predicted molar refractivity (Wildman–Crippen MR) is 111 cm³/mol. The van der Waals surface area contributed by atoms with Gasteiger partial charge in [0.2, 0.25) is 0 Å². The molecule has 0 bridgehead atoms. The SMILES string of the molecule is C=C(CC(=O)[C@H](C)CCC[C@@]1(CO)O[C@@H]1CC/C(C)=C/COC(C)=O)C(C)C. The van der Waals surface area contributed by atoms with E-state index >= 15 is 0 Å². The van der Waals surface area contributed by atoms with Crippen molar-refractivity contribution in [2.45, 2.75) is 84.8 Å². The van der Waals surface area contributed by atoms with Crippen molar-refractivity contribution < 1.29 is 24.2 Å². The van der Waals surface area contributed by atoms with Gasteiger partial charge in [0.05, 0.1) is 12.7 Å². The number of rotatable bonds is 14. The molecule has 0 aromatic carbocycles. The molecule has 1 saturated heterocycles. The van der Waals surface area contributed by atoms with Gasteiger partial charge < -0.3 is 14.6 Å². The van der Waals surface area contributed by atoms with Crippen LogP contribution in [0.2, 0.25) is 0 Å². The third-order valence-corrected chi connectivity index (χ3v) is 5.70. The molecule has 0 amide bonds. The van der Waals surface area contributed by atoms with Gasteiger partial charge in [-0.3, -0.25) is 9.59 Å². The van der Waals surface area contributed by atoms with Gasteiger partial charge in [0.15, 0.2) is 0 Å². The fraction of sp³-hybridized carbons (Fsp3) is 0.739. The van der Waals surface area contributed by atoms with E-state index in [9.17, 15) is 14.7 Å². The maximum atomic E-state index is 12.3. The number of carbonyl (C=O) groups is 2. The Morgan fingerprint density at radius 2 is 1.96 bits per heavy atom. The van der Waals surface area contributed by atoms with E-state index in [0.717, 1.165) is 43.3 Å². The minimum absolute atomic E-state index is 0.00916. The monoisotopic (exact) mass is 394 g/mol. The van der Waals surface area contributed by atoms with E-state index in [0.29, 0.717) is 18.9 Å². The first-order chi connectivity index (χ1) is 13.1. The lowest BCUT2D eigenvalue weighted by Gasteiger charge is -2.15. The molecule has 1 rings (SSSR count). The van der Waals surface area contributed by atoms with Gasteiger partial charge in [0.25, 0.3) is 0 Å². The average molecular weight is 395 g/mol. The highest BCUT2D eigenvalue weighted by molar-refractivity contribution is 5.82. The van der Waals surface area contributed by atoms with Gasteiger partial charge in [0, 0.05) is 19.3 Å².